The number of rotatable bonds is 5. The minimum atomic E-state index is 0.248. The van der Waals surface area contributed by atoms with E-state index in [4.69, 9.17) is 11.1 Å². The monoisotopic (exact) mass is 259 g/mol. The molecule has 0 aromatic carbocycles. The van der Waals surface area contributed by atoms with E-state index in [1.54, 1.807) is 35.2 Å². The molecule has 0 aliphatic heterocycles. The van der Waals surface area contributed by atoms with E-state index in [0.717, 1.165) is 0 Å². The van der Waals surface area contributed by atoms with Gasteiger partial charge < -0.3 is 4.90 Å². The number of hydrogen-bond acceptors (Lipinski definition) is 8. The highest BCUT2D eigenvalue weighted by molar-refractivity contribution is 5.38. The molecule has 19 heavy (non-hydrogen) atoms. The maximum absolute atomic E-state index is 8.59. The van der Waals surface area contributed by atoms with Crippen molar-refractivity contribution >= 4 is 11.9 Å². The van der Waals surface area contributed by atoms with Crippen LogP contribution >= 0.6 is 0 Å². The molecule has 9 heteroatoms. The van der Waals surface area contributed by atoms with Crippen LogP contribution in [0.3, 0.4) is 0 Å². The SMILES string of the molecule is CN(CCC#N)c1nc(NN)nc(-n2ccnc2)n1. The molecule has 0 radical (unpaired) electrons. The van der Waals surface area contributed by atoms with Crippen LogP contribution in [0.4, 0.5) is 11.9 Å². The van der Waals surface area contributed by atoms with Gasteiger partial charge in [-0.15, -0.1) is 0 Å². The first kappa shape index (κ1) is 12.7. The zero-order valence-electron chi connectivity index (χ0n) is 10.4. The van der Waals surface area contributed by atoms with Gasteiger partial charge in [-0.2, -0.15) is 20.2 Å². The van der Waals surface area contributed by atoms with Crippen molar-refractivity contribution in [3.05, 3.63) is 18.7 Å². The normalized spacial score (nSPS) is 9.95. The summed E-state index contributed by atoms with van der Waals surface area (Å²) in [6.07, 6.45) is 5.30. The van der Waals surface area contributed by atoms with E-state index in [1.807, 2.05) is 0 Å². The van der Waals surface area contributed by atoms with Crippen molar-refractivity contribution in [2.75, 3.05) is 23.9 Å². The van der Waals surface area contributed by atoms with Crippen LogP contribution in [0.25, 0.3) is 5.95 Å². The fourth-order valence-corrected chi connectivity index (χ4v) is 1.40. The second kappa shape index (κ2) is 5.74. The lowest BCUT2D eigenvalue weighted by molar-refractivity contribution is 0.821. The molecular weight excluding hydrogens is 246 g/mol. The summed E-state index contributed by atoms with van der Waals surface area (Å²) < 4.78 is 1.64. The molecule has 0 saturated heterocycles. The fourth-order valence-electron chi connectivity index (χ4n) is 1.40. The topological polar surface area (TPSA) is 122 Å². The number of aromatic nitrogens is 5. The van der Waals surface area contributed by atoms with Crippen molar-refractivity contribution in [1.82, 2.24) is 24.5 Å². The Kier molecular flexibility index (Phi) is 3.84. The Balaban J connectivity index is 2.34. The maximum Gasteiger partial charge on any atom is 0.243 e. The zero-order chi connectivity index (χ0) is 13.7. The van der Waals surface area contributed by atoms with Gasteiger partial charge in [-0.25, -0.2) is 10.8 Å². The van der Waals surface area contributed by atoms with Gasteiger partial charge in [0.1, 0.15) is 6.33 Å². The third-order valence-electron chi connectivity index (χ3n) is 2.38. The lowest BCUT2D eigenvalue weighted by Gasteiger charge is -2.16. The predicted molar refractivity (Wildman–Crippen MR) is 68.3 cm³/mol. The van der Waals surface area contributed by atoms with Crippen molar-refractivity contribution in [3.63, 3.8) is 0 Å². The van der Waals surface area contributed by atoms with Gasteiger partial charge >= 0.3 is 0 Å². The summed E-state index contributed by atoms with van der Waals surface area (Å²) in [4.78, 5) is 18.3. The summed E-state index contributed by atoms with van der Waals surface area (Å²) >= 11 is 0. The molecular formula is C10H13N9. The Morgan fingerprint density at radius 1 is 1.47 bits per heavy atom. The number of hydrazine groups is 1. The smallest absolute Gasteiger partial charge is 0.243 e. The molecule has 3 N–H and O–H groups in total. The number of nitriles is 1. The molecule has 2 aromatic heterocycles. The molecule has 0 aliphatic carbocycles. The van der Waals surface area contributed by atoms with Gasteiger partial charge in [0, 0.05) is 26.0 Å². The summed E-state index contributed by atoms with van der Waals surface area (Å²) in [5, 5.41) is 8.59. The Labute approximate surface area is 109 Å². The maximum atomic E-state index is 8.59. The van der Waals surface area contributed by atoms with Crippen LogP contribution in [0, 0.1) is 11.3 Å². The lowest BCUT2D eigenvalue weighted by atomic mass is 10.4. The van der Waals surface area contributed by atoms with E-state index in [1.165, 1.54) is 0 Å². The molecule has 9 nitrogen and oxygen atoms in total. The van der Waals surface area contributed by atoms with Crippen LogP contribution in [-0.4, -0.2) is 38.1 Å². The molecule has 0 atom stereocenters. The Morgan fingerprint density at radius 2 is 2.32 bits per heavy atom. The fraction of sp³-hybridized carbons (Fsp3) is 0.300. The second-order valence-corrected chi connectivity index (χ2v) is 3.70. The summed E-state index contributed by atoms with van der Waals surface area (Å²) in [5.74, 6) is 6.42. The largest absolute Gasteiger partial charge is 0.343 e. The van der Waals surface area contributed by atoms with Gasteiger partial charge in [0.15, 0.2) is 0 Å². The van der Waals surface area contributed by atoms with Gasteiger partial charge in [0.25, 0.3) is 0 Å². The Bertz CT molecular complexity index is 571. The van der Waals surface area contributed by atoms with E-state index < -0.39 is 0 Å². The Hall–Kier alpha value is -2.73. The average Bonchev–Trinajstić information content (AvgIpc) is 2.98. The highest BCUT2D eigenvalue weighted by Gasteiger charge is 2.10. The molecule has 2 rings (SSSR count). The molecule has 0 amide bonds. The van der Waals surface area contributed by atoms with Crippen molar-refractivity contribution in [2.45, 2.75) is 6.42 Å². The summed E-state index contributed by atoms with van der Waals surface area (Å²) in [6, 6.07) is 2.07. The predicted octanol–water partition coefficient (Wildman–Crippen LogP) is -0.307. The van der Waals surface area contributed by atoms with Crippen molar-refractivity contribution < 1.29 is 0 Å². The summed E-state index contributed by atoms with van der Waals surface area (Å²) in [7, 11) is 1.80. The number of nitrogen functional groups attached to an aromatic ring is 1. The van der Waals surface area contributed by atoms with Crippen LogP contribution in [0.1, 0.15) is 6.42 Å². The number of imidazole rings is 1. The second-order valence-electron chi connectivity index (χ2n) is 3.70. The number of nitrogens with one attached hydrogen (secondary N) is 1. The third kappa shape index (κ3) is 2.93. The van der Waals surface area contributed by atoms with Gasteiger partial charge in [-0.05, 0) is 0 Å². The number of anilines is 2. The molecule has 98 valence electrons. The summed E-state index contributed by atoms with van der Waals surface area (Å²) in [5.41, 5.74) is 2.39. The number of nitrogens with two attached hydrogens (primary N) is 1. The van der Waals surface area contributed by atoms with Crippen LogP contribution in [0.5, 0.6) is 0 Å². The highest BCUT2D eigenvalue weighted by atomic mass is 15.4. The highest BCUT2D eigenvalue weighted by Crippen LogP contribution is 2.11. The molecule has 0 unspecified atom stereocenters. The van der Waals surface area contributed by atoms with Crippen LogP contribution in [0.2, 0.25) is 0 Å². The lowest BCUT2D eigenvalue weighted by Crippen LogP contribution is -2.23. The molecule has 0 aliphatic rings. The Morgan fingerprint density at radius 3 is 2.95 bits per heavy atom. The van der Waals surface area contributed by atoms with E-state index in [-0.39, 0.29) is 5.95 Å². The first-order valence-electron chi connectivity index (χ1n) is 5.53. The van der Waals surface area contributed by atoms with Crippen molar-refractivity contribution in [1.29, 1.82) is 5.26 Å². The van der Waals surface area contributed by atoms with E-state index >= 15 is 0 Å². The first-order chi connectivity index (χ1) is 9.24. The number of hydrogen-bond donors (Lipinski definition) is 2. The third-order valence-corrected chi connectivity index (χ3v) is 2.38. The van der Waals surface area contributed by atoms with Crippen LogP contribution < -0.4 is 16.2 Å². The van der Waals surface area contributed by atoms with Gasteiger partial charge in [-0.1, -0.05) is 0 Å². The standard InChI is InChI=1S/C10H13N9/c1-18(5-2-3-11)9-14-8(17-12)15-10(16-9)19-6-4-13-7-19/h4,6-7H,2,5,12H2,1H3,(H,14,15,16,17). The first-order valence-corrected chi connectivity index (χ1v) is 5.53. The summed E-state index contributed by atoms with van der Waals surface area (Å²) in [6.45, 7) is 0.522. The molecule has 2 aromatic rings. The van der Waals surface area contributed by atoms with Gasteiger partial charge in [0.05, 0.1) is 12.5 Å². The van der Waals surface area contributed by atoms with E-state index in [9.17, 15) is 0 Å². The van der Waals surface area contributed by atoms with E-state index in [2.05, 4.69) is 31.4 Å². The van der Waals surface area contributed by atoms with E-state index in [0.29, 0.717) is 24.9 Å². The number of nitrogens with zero attached hydrogens (tertiary/aromatic N) is 7. The van der Waals surface area contributed by atoms with Gasteiger partial charge in [0.2, 0.25) is 17.8 Å². The molecule has 0 saturated carbocycles. The minimum absolute atomic E-state index is 0.248. The van der Waals surface area contributed by atoms with Crippen molar-refractivity contribution in [3.8, 4) is 12.0 Å². The minimum Gasteiger partial charge on any atom is -0.343 e. The average molecular weight is 259 g/mol. The van der Waals surface area contributed by atoms with Crippen LogP contribution in [-0.2, 0) is 0 Å². The molecule has 2 heterocycles. The molecule has 0 spiro atoms. The molecule has 0 bridgehead atoms. The van der Waals surface area contributed by atoms with Crippen molar-refractivity contribution in [2.24, 2.45) is 5.84 Å². The quantitative estimate of drug-likeness (QED) is 0.554. The van der Waals surface area contributed by atoms with Crippen LogP contribution in [0.15, 0.2) is 18.7 Å². The van der Waals surface area contributed by atoms with Gasteiger partial charge in [-0.3, -0.25) is 9.99 Å². The zero-order valence-corrected chi connectivity index (χ0v) is 10.4. The molecule has 0 fully saturated rings.